The first-order valence-corrected chi connectivity index (χ1v) is 5.57. The van der Waals surface area contributed by atoms with Gasteiger partial charge in [-0.25, -0.2) is 4.98 Å². The lowest BCUT2D eigenvalue weighted by Crippen LogP contribution is -2.19. The van der Waals surface area contributed by atoms with Gasteiger partial charge in [0.2, 0.25) is 5.82 Å². The van der Waals surface area contributed by atoms with Crippen LogP contribution < -0.4 is 5.32 Å². The maximum Gasteiger partial charge on any atom is 0.314 e. The second-order valence-electron chi connectivity index (χ2n) is 3.91. The second-order valence-corrected chi connectivity index (χ2v) is 3.91. The molecule has 0 spiro atoms. The molecular formula is C11H17N3O4. The molecule has 0 saturated heterocycles. The molecule has 2 N–H and O–H groups in total. The van der Waals surface area contributed by atoms with Crippen LogP contribution in [0.1, 0.15) is 12.0 Å². The van der Waals surface area contributed by atoms with Crippen molar-refractivity contribution in [2.45, 2.75) is 19.4 Å². The van der Waals surface area contributed by atoms with E-state index in [4.69, 9.17) is 4.74 Å². The fourth-order valence-electron chi connectivity index (χ4n) is 1.54. The third-order valence-electron chi connectivity index (χ3n) is 2.44. The van der Waals surface area contributed by atoms with Crippen LogP contribution in [0.2, 0.25) is 0 Å². The number of nitro groups is 1. The van der Waals surface area contributed by atoms with Crippen molar-refractivity contribution in [1.82, 2.24) is 4.98 Å². The van der Waals surface area contributed by atoms with Crippen molar-refractivity contribution in [1.29, 1.82) is 0 Å². The van der Waals surface area contributed by atoms with E-state index in [0.717, 1.165) is 0 Å². The highest BCUT2D eigenvalue weighted by Gasteiger charge is 2.18. The Bertz CT molecular complexity index is 411. The molecule has 100 valence electrons. The first-order chi connectivity index (χ1) is 8.56. The van der Waals surface area contributed by atoms with Gasteiger partial charge in [-0.1, -0.05) is 0 Å². The smallest absolute Gasteiger partial charge is 0.314 e. The summed E-state index contributed by atoms with van der Waals surface area (Å²) >= 11 is 0. The Hall–Kier alpha value is -1.73. The highest BCUT2D eigenvalue weighted by Crippen LogP contribution is 2.25. The number of nitrogens with zero attached hydrogens (tertiary/aromatic N) is 2. The van der Waals surface area contributed by atoms with Gasteiger partial charge in [-0.2, -0.15) is 0 Å². The average molecular weight is 255 g/mol. The molecule has 1 rings (SSSR count). The van der Waals surface area contributed by atoms with Gasteiger partial charge in [0.1, 0.15) is 0 Å². The molecule has 7 nitrogen and oxygen atoms in total. The molecule has 7 heteroatoms. The van der Waals surface area contributed by atoms with Crippen LogP contribution in [0.5, 0.6) is 0 Å². The molecule has 0 bridgehead atoms. The zero-order valence-electron chi connectivity index (χ0n) is 10.4. The van der Waals surface area contributed by atoms with E-state index in [-0.39, 0.29) is 18.1 Å². The monoisotopic (exact) mass is 255 g/mol. The molecule has 0 radical (unpaired) electrons. The predicted octanol–water partition coefficient (Wildman–Crippen LogP) is 1.11. The van der Waals surface area contributed by atoms with Crippen LogP contribution in [0.4, 0.5) is 11.5 Å². The molecule has 1 heterocycles. The first-order valence-electron chi connectivity index (χ1n) is 5.57. The molecular weight excluding hydrogens is 238 g/mol. The summed E-state index contributed by atoms with van der Waals surface area (Å²) in [5, 5.41) is 23.2. The molecule has 0 amide bonds. The number of aromatic nitrogens is 1. The molecule has 0 saturated carbocycles. The van der Waals surface area contributed by atoms with Gasteiger partial charge < -0.3 is 15.2 Å². The summed E-state index contributed by atoms with van der Waals surface area (Å²) < 4.78 is 4.79. The van der Waals surface area contributed by atoms with Crippen molar-refractivity contribution in [3.05, 3.63) is 27.9 Å². The molecule has 0 aliphatic heterocycles. The van der Waals surface area contributed by atoms with Crippen LogP contribution in [0.3, 0.4) is 0 Å². The van der Waals surface area contributed by atoms with Crippen molar-refractivity contribution in [3.8, 4) is 0 Å². The van der Waals surface area contributed by atoms with Gasteiger partial charge in [0.15, 0.2) is 0 Å². The Morgan fingerprint density at radius 2 is 2.39 bits per heavy atom. The third kappa shape index (κ3) is 3.94. The Balaban J connectivity index is 2.62. The van der Waals surface area contributed by atoms with Crippen LogP contribution in [-0.4, -0.2) is 41.4 Å². The van der Waals surface area contributed by atoms with E-state index in [9.17, 15) is 15.2 Å². The lowest BCUT2D eigenvalue weighted by atomic mass is 10.2. The summed E-state index contributed by atoms with van der Waals surface area (Å²) in [6.07, 6.45) is 1.35. The number of ether oxygens (including phenoxy) is 1. The normalized spacial score (nSPS) is 12.2. The van der Waals surface area contributed by atoms with E-state index in [2.05, 4.69) is 10.3 Å². The van der Waals surface area contributed by atoms with E-state index < -0.39 is 11.0 Å². The Labute approximate surface area is 105 Å². The van der Waals surface area contributed by atoms with Crippen LogP contribution in [0, 0.1) is 17.0 Å². The topological polar surface area (TPSA) is 97.5 Å². The Morgan fingerprint density at radius 3 is 3.00 bits per heavy atom. The van der Waals surface area contributed by atoms with Gasteiger partial charge in [-0.05, 0) is 19.4 Å². The molecule has 1 atom stereocenters. The SMILES string of the molecule is COCC(O)CCNc1nccc(C)c1[N+](=O)[O-]. The Kier molecular flexibility index (Phi) is 5.47. The fraction of sp³-hybridized carbons (Fsp3) is 0.545. The number of hydrogen-bond acceptors (Lipinski definition) is 6. The fourth-order valence-corrected chi connectivity index (χ4v) is 1.54. The van der Waals surface area contributed by atoms with Gasteiger partial charge in [0.25, 0.3) is 0 Å². The summed E-state index contributed by atoms with van der Waals surface area (Å²) in [7, 11) is 1.50. The van der Waals surface area contributed by atoms with E-state index in [1.54, 1.807) is 13.0 Å². The number of pyridine rings is 1. The summed E-state index contributed by atoms with van der Waals surface area (Å²) in [6.45, 7) is 2.29. The van der Waals surface area contributed by atoms with Crippen LogP contribution in [-0.2, 0) is 4.74 Å². The van der Waals surface area contributed by atoms with Gasteiger partial charge in [-0.15, -0.1) is 0 Å². The average Bonchev–Trinajstić information content (AvgIpc) is 2.28. The quantitative estimate of drug-likeness (QED) is 0.559. The summed E-state index contributed by atoms with van der Waals surface area (Å²) in [6, 6.07) is 1.59. The van der Waals surface area contributed by atoms with Crippen molar-refractivity contribution in [2.75, 3.05) is 25.6 Å². The molecule has 1 aromatic heterocycles. The van der Waals surface area contributed by atoms with Crippen molar-refractivity contribution >= 4 is 11.5 Å². The van der Waals surface area contributed by atoms with E-state index in [0.29, 0.717) is 18.5 Å². The van der Waals surface area contributed by atoms with Crippen LogP contribution in [0.15, 0.2) is 12.3 Å². The number of hydrogen-bond donors (Lipinski definition) is 2. The number of methoxy groups -OCH3 is 1. The van der Waals surface area contributed by atoms with Gasteiger partial charge in [-0.3, -0.25) is 10.1 Å². The predicted molar refractivity (Wildman–Crippen MR) is 66.6 cm³/mol. The van der Waals surface area contributed by atoms with Crippen molar-refractivity contribution in [3.63, 3.8) is 0 Å². The number of rotatable bonds is 7. The summed E-state index contributed by atoms with van der Waals surface area (Å²) in [4.78, 5) is 14.4. The highest BCUT2D eigenvalue weighted by atomic mass is 16.6. The maximum atomic E-state index is 10.9. The van der Waals surface area contributed by atoms with E-state index in [1.807, 2.05) is 0 Å². The lowest BCUT2D eigenvalue weighted by molar-refractivity contribution is -0.384. The Morgan fingerprint density at radius 1 is 1.67 bits per heavy atom. The number of nitrogens with one attached hydrogen (secondary N) is 1. The van der Waals surface area contributed by atoms with Gasteiger partial charge >= 0.3 is 5.69 Å². The molecule has 0 fully saturated rings. The standard InChI is InChI=1S/C11H17N3O4/c1-8-3-5-12-11(10(8)14(16)17)13-6-4-9(15)7-18-2/h3,5,9,15H,4,6-7H2,1-2H3,(H,12,13). The minimum absolute atomic E-state index is 0.0290. The number of anilines is 1. The van der Waals surface area contributed by atoms with E-state index >= 15 is 0 Å². The number of aliphatic hydroxyl groups excluding tert-OH is 1. The number of aryl methyl sites for hydroxylation is 1. The molecule has 1 unspecified atom stereocenters. The van der Waals surface area contributed by atoms with Crippen LogP contribution >= 0.6 is 0 Å². The molecule has 1 aromatic rings. The summed E-state index contributed by atoms with van der Waals surface area (Å²) in [5.41, 5.74) is 0.522. The van der Waals surface area contributed by atoms with Crippen LogP contribution in [0.25, 0.3) is 0 Å². The second kappa shape index (κ2) is 6.87. The minimum atomic E-state index is -0.591. The zero-order chi connectivity index (χ0) is 13.5. The zero-order valence-corrected chi connectivity index (χ0v) is 10.4. The largest absolute Gasteiger partial charge is 0.391 e. The molecule has 0 aromatic carbocycles. The minimum Gasteiger partial charge on any atom is -0.391 e. The maximum absolute atomic E-state index is 10.9. The summed E-state index contributed by atoms with van der Waals surface area (Å²) in [5.74, 6) is 0.226. The van der Waals surface area contributed by atoms with Crippen molar-refractivity contribution < 1.29 is 14.8 Å². The lowest BCUT2D eigenvalue weighted by Gasteiger charge is -2.11. The third-order valence-corrected chi connectivity index (χ3v) is 2.44. The molecule has 0 aliphatic carbocycles. The highest BCUT2D eigenvalue weighted by molar-refractivity contribution is 5.59. The first kappa shape index (κ1) is 14.3. The van der Waals surface area contributed by atoms with Gasteiger partial charge in [0.05, 0.1) is 17.6 Å². The van der Waals surface area contributed by atoms with Gasteiger partial charge in [0, 0.05) is 25.4 Å². The van der Waals surface area contributed by atoms with E-state index in [1.165, 1.54) is 13.3 Å². The van der Waals surface area contributed by atoms with Crippen molar-refractivity contribution in [2.24, 2.45) is 0 Å². The molecule has 18 heavy (non-hydrogen) atoms. The number of aliphatic hydroxyl groups is 1. The molecule has 0 aliphatic rings.